The fourth-order valence-electron chi connectivity index (χ4n) is 1.38. The van der Waals surface area contributed by atoms with Gasteiger partial charge in [-0.15, -0.1) is 0 Å². The van der Waals surface area contributed by atoms with Crippen LogP contribution in [0.15, 0.2) is 16.7 Å². The minimum absolute atomic E-state index is 0.177. The van der Waals surface area contributed by atoms with E-state index in [2.05, 4.69) is 5.32 Å². The summed E-state index contributed by atoms with van der Waals surface area (Å²) in [5.74, 6) is 1.15. The van der Waals surface area contributed by atoms with Gasteiger partial charge in [0.1, 0.15) is 5.76 Å². The van der Waals surface area contributed by atoms with Crippen LogP contribution in [0.4, 0.5) is 0 Å². The highest BCUT2D eigenvalue weighted by Crippen LogP contribution is 2.07. The Morgan fingerprint density at radius 3 is 2.81 bits per heavy atom. The van der Waals surface area contributed by atoms with Crippen molar-refractivity contribution in [2.45, 2.75) is 26.3 Å². The average Bonchev–Trinajstić information content (AvgIpc) is 2.63. The highest BCUT2D eigenvalue weighted by Gasteiger charge is 2.03. The molecular formula is C12H20N2O2. The minimum atomic E-state index is 0.177. The van der Waals surface area contributed by atoms with E-state index in [1.54, 1.807) is 25.3 Å². The topological polar surface area (TPSA) is 45.5 Å². The van der Waals surface area contributed by atoms with Crippen LogP contribution < -0.4 is 5.32 Å². The molecule has 0 aliphatic rings. The van der Waals surface area contributed by atoms with Crippen molar-refractivity contribution in [3.63, 3.8) is 0 Å². The third-order valence-electron chi connectivity index (χ3n) is 2.50. The number of aryl methyl sites for hydroxylation is 1. The molecule has 0 bridgehead atoms. The highest BCUT2D eigenvalue weighted by atomic mass is 16.3. The molecule has 1 heterocycles. The Morgan fingerprint density at radius 1 is 1.50 bits per heavy atom. The van der Waals surface area contributed by atoms with Gasteiger partial charge in [-0.25, -0.2) is 0 Å². The lowest BCUT2D eigenvalue weighted by molar-refractivity contribution is -0.128. The molecule has 0 aromatic carbocycles. The van der Waals surface area contributed by atoms with Gasteiger partial charge in [-0.2, -0.15) is 0 Å². The quantitative estimate of drug-likeness (QED) is 0.746. The number of amides is 1. The molecule has 1 aromatic heterocycles. The van der Waals surface area contributed by atoms with Crippen LogP contribution >= 0.6 is 0 Å². The summed E-state index contributed by atoms with van der Waals surface area (Å²) in [4.78, 5) is 12.9. The maximum atomic E-state index is 11.3. The van der Waals surface area contributed by atoms with Gasteiger partial charge < -0.3 is 14.6 Å². The van der Waals surface area contributed by atoms with Crippen molar-refractivity contribution < 1.29 is 9.21 Å². The average molecular weight is 224 g/mol. The summed E-state index contributed by atoms with van der Waals surface area (Å²) in [6.45, 7) is 3.59. The Hall–Kier alpha value is -1.29. The molecule has 0 unspecified atom stereocenters. The SMILES string of the molecule is Cc1ccoc1CNCCCC(=O)N(C)C. The molecule has 1 N–H and O–H groups in total. The molecular weight excluding hydrogens is 204 g/mol. The number of furan rings is 1. The van der Waals surface area contributed by atoms with Crippen molar-refractivity contribution in [3.8, 4) is 0 Å². The van der Waals surface area contributed by atoms with Gasteiger partial charge in [-0.3, -0.25) is 4.79 Å². The molecule has 0 radical (unpaired) electrons. The first-order valence-corrected chi connectivity index (χ1v) is 5.55. The summed E-state index contributed by atoms with van der Waals surface area (Å²) in [6.07, 6.45) is 3.15. The van der Waals surface area contributed by atoms with Gasteiger partial charge in [0.2, 0.25) is 5.91 Å². The standard InChI is InChI=1S/C12H20N2O2/c1-10-6-8-16-11(10)9-13-7-4-5-12(15)14(2)3/h6,8,13H,4-5,7,9H2,1-3H3. The largest absolute Gasteiger partial charge is 0.468 e. The van der Waals surface area contributed by atoms with Crippen LogP contribution in [-0.2, 0) is 11.3 Å². The van der Waals surface area contributed by atoms with Crippen LogP contribution in [0, 0.1) is 6.92 Å². The molecule has 90 valence electrons. The molecule has 0 saturated heterocycles. The van der Waals surface area contributed by atoms with E-state index in [0.717, 1.165) is 30.8 Å². The zero-order valence-corrected chi connectivity index (χ0v) is 10.2. The maximum absolute atomic E-state index is 11.3. The van der Waals surface area contributed by atoms with Gasteiger partial charge >= 0.3 is 0 Å². The molecule has 1 aromatic rings. The first-order chi connectivity index (χ1) is 7.61. The lowest BCUT2D eigenvalue weighted by atomic mass is 10.2. The van der Waals surface area contributed by atoms with E-state index in [-0.39, 0.29) is 5.91 Å². The minimum Gasteiger partial charge on any atom is -0.468 e. The molecule has 0 fully saturated rings. The predicted octanol–water partition coefficient (Wildman–Crippen LogP) is 1.55. The van der Waals surface area contributed by atoms with Crippen molar-refractivity contribution in [1.82, 2.24) is 10.2 Å². The first-order valence-electron chi connectivity index (χ1n) is 5.55. The molecule has 16 heavy (non-hydrogen) atoms. The Bertz CT molecular complexity index is 332. The number of carbonyl (C=O) groups excluding carboxylic acids is 1. The molecule has 4 nitrogen and oxygen atoms in total. The summed E-state index contributed by atoms with van der Waals surface area (Å²) in [5.41, 5.74) is 1.16. The lowest BCUT2D eigenvalue weighted by Crippen LogP contribution is -2.23. The summed E-state index contributed by atoms with van der Waals surface area (Å²) in [5, 5.41) is 3.26. The number of nitrogens with one attached hydrogen (secondary N) is 1. The first kappa shape index (κ1) is 12.8. The van der Waals surface area contributed by atoms with Crippen LogP contribution in [0.3, 0.4) is 0 Å². The number of hydrogen-bond acceptors (Lipinski definition) is 3. The second-order valence-corrected chi connectivity index (χ2v) is 4.10. The van der Waals surface area contributed by atoms with Crippen molar-refractivity contribution in [2.75, 3.05) is 20.6 Å². The van der Waals surface area contributed by atoms with Crippen LogP contribution in [0.25, 0.3) is 0 Å². The van der Waals surface area contributed by atoms with Crippen LogP contribution in [0.2, 0.25) is 0 Å². The highest BCUT2D eigenvalue weighted by molar-refractivity contribution is 5.75. The van der Waals surface area contributed by atoms with E-state index in [0.29, 0.717) is 6.42 Å². The predicted molar refractivity (Wildman–Crippen MR) is 63.1 cm³/mol. The maximum Gasteiger partial charge on any atom is 0.222 e. The van der Waals surface area contributed by atoms with Crippen molar-refractivity contribution in [2.24, 2.45) is 0 Å². The van der Waals surface area contributed by atoms with Crippen molar-refractivity contribution in [3.05, 3.63) is 23.7 Å². The summed E-state index contributed by atoms with van der Waals surface area (Å²) in [7, 11) is 3.56. The monoisotopic (exact) mass is 224 g/mol. The van der Waals surface area contributed by atoms with E-state index >= 15 is 0 Å². The van der Waals surface area contributed by atoms with Gasteiger partial charge in [0.25, 0.3) is 0 Å². The van der Waals surface area contributed by atoms with Crippen LogP contribution in [0.5, 0.6) is 0 Å². The smallest absolute Gasteiger partial charge is 0.222 e. The zero-order valence-electron chi connectivity index (χ0n) is 10.2. The number of nitrogens with zero attached hydrogens (tertiary/aromatic N) is 1. The van der Waals surface area contributed by atoms with E-state index in [9.17, 15) is 4.79 Å². The Balaban J connectivity index is 2.09. The van der Waals surface area contributed by atoms with Crippen molar-refractivity contribution >= 4 is 5.91 Å². The van der Waals surface area contributed by atoms with E-state index in [4.69, 9.17) is 4.42 Å². The van der Waals surface area contributed by atoms with Gasteiger partial charge in [0.05, 0.1) is 12.8 Å². The number of rotatable bonds is 6. The second kappa shape index (κ2) is 6.33. The number of carbonyl (C=O) groups is 1. The van der Waals surface area contributed by atoms with Crippen LogP contribution in [-0.4, -0.2) is 31.4 Å². The Labute approximate surface area is 96.6 Å². The molecule has 0 aliphatic heterocycles. The molecule has 0 aliphatic carbocycles. The third-order valence-corrected chi connectivity index (χ3v) is 2.50. The molecule has 1 amide bonds. The normalized spacial score (nSPS) is 10.4. The van der Waals surface area contributed by atoms with E-state index in [1.165, 1.54) is 0 Å². The summed E-state index contributed by atoms with van der Waals surface area (Å²) >= 11 is 0. The van der Waals surface area contributed by atoms with Gasteiger partial charge in [0, 0.05) is 20.5 Å². The van der Waals surface area contributed by atoms with E-state index < -0.39 is 0 Å². The van der Waals surface area contributed by atoms with Gasteiger partial charge in [0.15, 0.2) is 0 Å². The molecule has 0 spiro atoms. The lowest BCUT2D eigenvalue weighted by Gasteiger charge is -2.09. The van der Waals surface area contributed by atoms with Gasteiger partial charge in [-0.05, 0) is 31.5 Å². The Morgan fingerprint density at radius 2 is 2.25 bits per heavy atom. The van der Waals surface area contributed by atoms with E-state index in [1.807, 2.05) is 13.0 Å². The molecule has 1 rings (SSSR count). The molecule has 0 atom stereocenters. The molecule has 0 saturated carbocycles. The van der Waals surface area contributed by atoms with Crippen LogP contribution in [0.1, 0.15) is 24.2 Å². The zero-order chi connectivity index (χ0) is 12.0. The summed E-state index contributed by atoms with van der Waals surface area (Å²) < 4.78 is 5.29. The summed E-state index contributed by atoms with van der Waals surface area (Å²) in [6, 6.07) is 1.95. The Kier molecular flexibility index (Phi) is 5.05. The fraction of sp³-hybridized carbons (Fsp3) is 0.583. The van der Waals surface area contributed by atoms with Gasteiger partial charge in [-0.1, -0.05) is 0 Å². The second-order valence-electron chi connectivity index (χ2n) is 4.10. The third kappa shape index (κ3) is 4.06. The number of hydrogen-bond donors (Lipinski definition) is 1. The molecule has 4 heteroatoms. The van der Waals surface area contributed by atoms with Crippen molar-refractivity contribution in [1.29, 1.82) is 0 Å². The fourth-order valence-corrected chi connectivity index (χ4v) is 1.38.